The number of hydrogen-bond acceptors (Lipinski definition) is 4. The monoisotopic (exact) mass is 287 g/mol. The first-order chi connectivity index (χ1) is 9.47. The number of rotatable bonds is 7. The Morgan fingerprint density at radius 2 is 2.15 bits per heavy atom. The van der Waals surface area contributed by atoms with Gasteiger partial charge in [0.2, 0.25) is 0 Å². The molecule has 2 amide bonds. The van der Waals surface area contributed by atoms with E-state index in [1.54, 1.807) is 7.11 Å². The van der Waals surface area contributed by atoms with Crippen molar-refractivity contribution in [1.29, 1.82) is 0 Å². The smallest absolute Gasteiger partial charge is 0.326 e. The van der Waals surface area contributed by atoms with Crippen LogP contribution in [0.2, 0.25) is 0 Å². The van der Waals surface area contributed by atoms with Gasteiger partial charge in [-0.25, -0.2) is 9.59 Å². The van der Waals surface area contributed by atoms with Crippen LogP contribution in [0.25, 0.3) is 0 Å². The molecule has 2 atom stereocenters. The van der Waals surface area contributed by atoms with Crippen LogP contribution in [0.3, 0.4) is 0 Å². The molecule has 0 bridgehead atoms. The lowest BCUT2D eigenvalue weighted by Crippen LogP contribution is -2.48. The van der Waals surface area contributed by atoms with E-state index in [0.717, 1.165) is 13.0 Å². The number of likely N-dealkylation sites (tertiary alicyclic amines) is 1. The van der Waals surface area contributed by atoms with Crippen LogP contribution in [0.1, 0.15) is 13.3 Å². The number of likely N-dealkylation sites (N-methyl/N-ethyl adjacent to an activating group) is 1. The van der Waals surface area contributed by atoms with Gasteiger partial charge in [0.25, 0.3) is 0 Å². The van der Waals surface area contributed by atoms with E-state index in [4.69, 9.17) is 9.84 Å². The maximum Gasteiger partial charge on any atom is 0.326 e. The summed E-state index contributed by atoms with van der Waals surface area (Å²) in [4.78, 5) is 26.7. The minimum absolute atomic E-state index is 0.00243. The fourth-order valence-corrected chi connectivity index (χ4v) is 2.37. The zero-order chi connectivity index (χ0) is 15.1. The lowest BCUT2D eigenvalue weighted by atomic mass is 10.0. The molecule has 1 heterocycles. The second kappa shape index (κ2) is 8.06. The Hall–Kier alpha value is -1.34. The summed E-state index contributed by atoms with van der Waals surface area (Å²) in [5.41, 5.74) is 0. The van der Waals surface area contributed by atoms with Crippen LogP contribution in [-0.4, -0.2) is 79.9 Å². The number of amides is 2. The van der Waals surface area contributed by atoms with Crippen LogP contribution in [0, 0.1) is 5.92 Å². The molecular formula is C13H25N3O4. The van der Waals surface area contributed by atoms with E-state index in [2.05, 4.69) is 5.32 Å². The Balaban J connectivity index is 2.34. The molecule has 7 nitrogen and oxygen atoms in total. The first-order valence-electron chi connectivity index (χ1n) is 6.92. The SMILES string of the molecule is COCCN(C)CCNC(=O)N1CCC(C)C1C(=O)O. The molecule has 2 N–H and O–H groups in total. The quantitative estimate of drug-likeness (QED) is 0.692. The second-order valence-corrected chi connectivity index (χ2v) is 5.27. The third-order valence-electron chi connectivity index (χ3n) is 3.66. The van der Waals surface area contributed by atoms with Gasteiger partial charge in [-0.1, -0.05) is 6.92 Å². The van der Waals surface area contributed by atoms with Crippen LogP contribution in [0.15, 0.2) is 0 Å². The lowest BCUT2D eigenvalue weighted by molar-refractivity contribution is -0.142. The number of aliphatic carboxylic acids is 1. The van der Waals surface area contributed by atoms with Crippen molar-refractivity contribution in [2.24, 2.45) is 5.92 Å². The third-order valence-corrected chi connectivity index (χ3v) is 3.66. The van der Waals surface area contributed by atoms with E-state index in [0.29, 0.717) is 26.2 Å². The van der Waals surface area contributed by atoms with Gasteiger partial charge in [-0.3, -0.25) is 0 Å². The number of carbonyl (C=O) groups excluding carboxylic acids is 1. The largest absolute Gasteiger partial charge is 0.480 e. The maximum absolute atomic E-state index is 12.0. The van der Waals surface area contributed by atoms with E-state index in [1.807, 2.05) is 18.9 Å². The van der Waals surface area contributed by atoms with Crippen LogP contribution in [-0.2, 0) is 9.53 Å². The predicted octanol–water partition coefficient (Wildman–Crippen LogP) is 0.0692. The predicted molar refractivity (Wildman–Crippen MR) is 74.7 cm³/mol. The van der Waals surface area contributed by atoms with E-state index >= 15 is 0 Å². The van der Waals surface area contributed by atoms with Gasteiger partial charge in [-0.05, 0) is 19.4 Å². The number of hydrogen-bond donors (Lipinski definition) is 2. The van der Waals surface area contributed by atoms with Gasteiger partial charge in [0.05, 0.1) is 6.61 Å². The summed E-state index contributed by atoms with van der Waals surface area (Å²) in [5.74, 6) is -0.926. The van der Waals surface area contributed by atoms with Crippen molar-refractivity contribution in [1.82, 2.24) is 15.1 Å². The topological polar surface area (TPSA) is 82.1 Å². The fourth-order valence-electron chi connectivity index (χ4n) is 2.37. The van der Waals surface area contributed by atoms with E-state index in [9.17, 15) is 9.59 Å². The number of nitrogens with zero attached hydrogens (tertiary/aromatic N) is 2. The molecule has 0 aliphatic carbocycles. The number of nitrogens with one attached hydrogen (secondary N) is 1. The summed E-state index contributed by atoms with van der Waals surface area (Å²) >= 11 is 0. The molecule has 1 fully saturated rings. The number of methoxy groups -OCH3 is 1. The number of urea groups is 1. The summed E-state index contributed by atoms with van der Waals surface area (Å²) in [6.07, 6.45) is 0.734. The first kappa shape index (κ1) is 16.7. The summed E-state index contributed by atoms with van der Waals surface area (Å²) < 4.78 is 4.97. The molecule has 2 unspecified atom stereocenters. The summed E-state index contributed by atoms with van der Waals surface area (Å²) in [5, 5.41) is 11.9. The molecule has 0 aromatic carbocycles. The molecule has 116 valence electrons. The molecule has 1 rings (SSSR count). The zero-order valence-corrected chi connectivity index (χ0v) is 12.5. The molecule has 1 aliphatic rings. The van der Waals surface area contributed by atoms with Crippen LogP contribution in [0.5, 0.6) is 0 Å². The molecule has 0 saturated carbocycles. The van der Waals surface area contributed by atoms with Crippen LogP contribution >= 0.6 is 0 Å². The number of carbonyl (C=O) groups is 2. The van der Waals surface area contributed by atoms with Gasteiger partial charge in [0.15, 0.2) is 0 Å². The highest BCUT2D eigenvalue weighted by atomic mass is 16.5. The van der Waals surface area contributed by atoms with E-state index in [-0.39, 0.29) is 11.9 Å². The minimum atomic E-state index is -0.928. The fraction of sp³-hybridized carbons (Fsp3) is 0.846. The highest BCUT2D eigenvalue weighted by Crippen LogP contribution is 2.23. The molecule has 7 heteroatoms. The zero-order valence-electron chi connectivity index (χ0n) is 12.5. The van der Waals surface area contributed by atoms with Crippen molar-refractivity contribution < 1.29 is 19.4 Å². The van der Waals surface area contributed by atoms with Crippen molar-refractivity contribution in [3.63, 3.8) is 0 Å². The molecule has 0 spiro atoms. The van der Waals surface area contributed by atoms with E-state index in [1.165, 1.54) is 4.90 Å². The van der Waals surface area contributed by atoms with Gasteiger partial charge in [0, 0.05) is 33.3 Å². The average molecular weight is 287 g/mol. The van der Waals surface area contributed by atoms with Gasteiger partial charge >= 0.3 is 12.0 Å². The van der Waals surface area contributed by atoms with Crippen LogP contribution in [0.4, 0.5) is 4.79 Å². The average Bonchev–Trinajstić information content (AvgIpc) is 2.78. The summed E-state index contributed by atoms with van der Waals surface area (Å²) in [7, 11) is 3.60. The van der Waals surface area contributed by atoms with Crippen molar-refractivity contribution in [3.05, 3.63) is 0 Å². The van der Waals surface area contributed by atoms with Crippen LogP contribution < -0.4 is 5.32 Å². The second-order valence-electron chi connectivity index (χ2n) is 5.27. The minimum Gasteiger partial charge on any atom is -0.480 e. The van der Waals surface area contributed by atoms with Gasteiger partial charge < -0.3 is 25.0 Å². The Morgan fingerprint density at radius 3 is 2.75 bits per heavy atom. The molecule has 0 radical (unpaired) electrons. The molecule has 0 aromatic heterocycles. The standard InChI is InChI=1S/C13H25N3O4/c1-10-4-6-16(11(10)12(17)18)13(19)14-5-7-15(2)8-9-20-3/h10-11H,4-9H2,1-3H3,(H,14,19)(H,17,18). The van der Waals surface area contributed by atoms with Gasteiger partial charge in [-0.2, -0.15) is 0 Å². The number of ether oxygens (including phenoxy) is 1. The third kappa shape index (κ3) is 4.64. The lowest BCUT2D eigenvalue weighted by Gasteiger charge is -2.24. The molecule has 1 saturated heterocycles. The molecule has 0 aromatic rings. The van der Waals surface area contributed by atoms with Crippen molar-refractivity contribution in [2.75, 3.05) is 46.9 Å². The Labute approximate surface area is 119 Å². The Bertz CT molecular complexity index is 338. The van der Waals surface area contributed by atoms with E-state index < -0.39 is 12.0 Å². The molecule has 1 aliphatic heterocycles. The highest BCUT2D eigenvalue weighted by molar-refractivity contribution is 5.83. The number of carboxylic acids is 1. The maximum atomic E-state index is 12.0. The van der Waals surface area contributed by atoms with Gasteiger partial charge in [-0.15, -0.1) is 0 Å². The normalized spacial score (nSPS) is 22.3. The summed E-state index contributed by atoms with van der Waals surface area (Å²) in [6, 6.07) is -0.997. The highest BCUT2D eigenvalue weighted by Gasteiger charge is 2.39. The first-order valence-corrected chi connectivity index (χ1v) is 6.92. The Kier molecular flexibility index (Phi) is 6.74. The Morgan fingerprint density at radius 1 is 1.45 bits per heavy atom. The van der Waals surface area contributed by atoms with Crippen molar-refractivity contribution >= 4 is 12.0 Å². The molecular weight excluding hydrogens is 262 g/mol. The van der Waals surface area contributed by atoms with Gasteiger partial charge in [0.1, 0.15) is 6.04 Å². The van der Waals surface area contributed by atoms with Crippen molar-refractivity contribution in [3.8, 4) is 0 Å². The molecule has 20 heavy (non-hydrogen) atoms. The summed E-state index contributed by atoms with van der Waals surface area (Å²) in [6.45, 7) is 5.01. The number of carboxylic acid groups (broad SMARTS) is 1. The van der Waals surface area contributed by atoms with Crippen molar-refractivity contribution in [2.45, 2.75) is 19.4 Å².